The van der Waals surface area contributed by atoms with Gasteiger partial charge in [0.05, 0.1) is 6.61 Å². The molecule has 0 radical (unpaired) electrons. The quantitative estimate of drug-likeness (QED) is 0.0621. The molecule has 0 atom stereocenters. The van der Waals surface area contributed by atoms with Gasteiger partial charge in [0.25, 0.3) is 0 Å². The Labute approximate surface area is 351 Å². The molecule has 0 saturated heterocycles. The molecule has 7 rings (SSSR count). The van der Waals surface area contributed by atoms with E-state index in [0.29, 0.717) is 12.4 Å². The maximum absolute atomic E-state index is 6.51. The fourth-order valence-corrected chi connectivity index (χ4v) is 9.64. The van der Waals surface area contributed by atoms with Crippen LogP contribution in [0.15, 0.2) is 97.1 Å². The summed E-state index contributed by atoms with van der Waals surface area (Å²) in [7, 11) is 0. The van der Waals surface area contributed by atoms with Crippen LogP contribution >= 0.6 is 22.7 Å². The summed E-state index contributed by atoms with van der Waals surface area (Å²) in [5.74, 6) is 22.0. The van der Waals surface area contributed by atoms with E-state index in [9.17, 15) is 0 Å². The molecule has 0 aliphatic carbocycles. The van der Waals surface area contributed by atoms with Crippen molar-refractivity contribution in [3.63, 3.8) is 0 Å². The average Bonchev–Trinajstić information content (AvgIpc) is 3.86. The van der Waals surface area contributed by atoms with E-state index in [-0.39, 0.29) is 0 Å². The maximum atomic E-state index is 6.51. The number of aryl methyl sites for hydroxylation is 2. The minimum atomic E-state index is 0.629. The maximum Gasteiger partial charge on any atom is 0.140 e. The van der Waals surface area contributed by atoms with Gasteiger partial charge in [0, 0.05) is 54.3 Å². The van der Waals surface area contributed by atoms with Gasteiger partial charge in [-0.3, -0.25) is 0 Å². The Balaban J connectivity index is 1.34. The van der Waals surface area contributed by atoms with E-state index in [2.05, 4.69) is 165 Å². The lowest BCUT2D eigenvalue weighted by molar-refractivity contribution is 0.304. The van der Waals surface area contributed by atoms with Crippen molar-refractivity contribution < 1.29 is 9.47 Å². The van der Waals surface area contributed by atoms with Crippen molar-refractivity contribution in [1.29, 1.82) is 0 Å². The number of terminal acetylenes is 1. The molecule has 0 aliphatic rings. The molecule has 2 nitrogen and oxygen atoms in total. The van der Waals surface area contributed by atoms with Gasteiger partial charge in [-0.2, -0.15) is 0 Å². The summed E-state index contributed by atoms with van der Waals surface area (Å²) in [4.78, 5) is 5.09. The summed E-state index contributed by atoms with van der Waals surface area (Å²) >= 11 is 3.67. The lowest BCUT2D eigenvalue weighted by atomic mass is 9.87. The molecule has 0 bridgehead atoms. The Morgan fingerprint density at radius 2 is 1.21 bits per heavy atom. The van der Waals surface area contributed by atoms with E-state index >= 15 is 0 Å². The van der Waals surface area contributed by atoms with Crippen LogP contribution in [0.1, 0.15) is 68.0 Å². The third kappa shape index (κ3) is 9.61. The second-order valence-corrected chi connectivity index (χ2v) is 16.8. The molecular weight excluding hydrogens is 745 g/mol. The normalized spacial score (nSPS) is 10.4. The smallest absolute Gasteiger partial charge is 0.140 e. The molecule has 4 heteroatoms. The molecule has 0 spiro atoms. The first kappa shape index (κ1) is 39.9. The van der Waals surface area contributed by atoms with E-state index < -0.39 is 0 Å². The molecule has 0 fully saturated rings. The summed E-state index contributed by atoms with van der Waals surface area (Å²) in [6, 6.07) is 35.0. The molecule has 7 aromatic rings. The van der Waals surface area contributed by atoms with Gasteiger partial charge in [-0.05, 0) is 142 Å². The highest BCUT2D eigenvalue weighted by atomic mass is 32.1. The number of unbranched alkanes of at least 4 members (excludes halogenated alkanes) is 7. The molecule has 2 aromatic heterocycles. The Kier molecular flexibility index (Phi) is 13.6. The van der Waals surface area contributed by atoms with Gasteiger partial charge in [0.1, 0.15) is 17.6 Å². The number of hydrogen-bond acceptors (Lipinski definition) is 4. The molecular formula is C54H44O2S2. The van der Waals surface area contributed by atoms with Crippen molar-refractivity contribution in [2.45, 2.75) is 72.1 Å². The first-order chi connectivity index (χ1) is 28.5. The highest BCUT2D eigenvalue weighted by Gasteiger charge is 2.21. The van der Waals surface area contributed by atoms with E-state index in [1.54, 1.807) is 0 Å². The molecule has 284 valence electrons. The van der Waals surface area contributed by atoms with Crippen LogP contribution in [0, 0.1) is 73.7 Å². The second kappa shape index (κ2) is 19.7. The first-order valence-electron chi connectivity index (χ1n) is 20.0. The van der Waals surface area contributed by atoms with E-state index in [0.717, 1.165) is 50.4 Å². The van der Waals surface area contributed by atoms with Crippen molar-refractivity contribution in [3.05, 3.63) is 107 Å². The predicted molar refractivity (Wildman–Crippen MR) is 249 cm³/mol. The Bertz CT molecular complexity index is 2900. The van der Waals surface area contributed by atoms with E-state index in [4.69, 9.17) is 15.9 Å². The van der Waals surface area contributed by atoms with Crippen LogP contribution in [0.25, 0.3) is 64.3 Å². The third-order valence-corrected chi connectivity index (χ3v) is 12.3. The predicted octanol–water partition coefficient (Wildman–Crippen LogP) is 14.4. The number of hydrogen-bond donors (Lipinski definition) is 0. The van der Waals surface area contributed by atoms with Gasteiger partial charge in [-0.1, -0.05) is 94.3 Å². The minimum Gasteiger partial charge on any atom is -0.494 e. The van der Waals surface area contributed by atoms with E-state index in [1.165, 1.54) is 80.8 Å². The molecule has 58 heavy (non-hydrogen) atoms. The van der Waals surface area contributed by atoms with Crippen molar-refractivity contribution in [2.75, 3.05) is 6.61 Å². The molecule has 0 unspecified atom stereocenters. The zero-order valence-electron chi connectivity index (χ0n) is 33.3. The van der Waals surface area contributed by atoms with Gasteiger partial charge < -0.3 is 9.47 Å². The highest BCUT2D eigenvalue weighted by molar-refractivity contribution is 7.19. The third-order valence-electron chi connectivity index (χ3n) is 10.2. The van der Waals surface area contributed by atoms with Crippen molar-refractivity contribution >= 4 is 55.0 Å². The number of fused-ring (bicyclic) bond motifs is 3. The van der Waals surface area contributed by atoms with Crippen molar-refractivity contribution in [1.82, 2.24) is 0 Å². The average molecular weight is 789 g/mol. The van der Waals surface area contributed by atoms with Gasteiger partial charge in [0.2, 0.25) is 0 Å². The summed E-state index contributed by atoms with van der Waals surface area (Å²) in [5, 5.41) is 6.92. The summed E-state index contributed by atoms with van der Waals surface area (Å²) in [5.41, 5.74) is 4.76. The number of ether oxygens (including phenoxy) is 2. The minimum absolute atomic E-state index is 0.629. The van der Waals surface area contributed by atoms with Crippen molar-refractivity contribution in [3.8, 4) is 103 Å². The monoisotopic (exact) mass is 788 g/mol. The van der Waals surface area contributed by atoms with Gasteiger partial charge >= 0.3 is 0 Å². The largest absolute Gasteiger partial charge is 0.494 e. The van der Waals surface area contributed by atoms with Crippen LogP contribution in [0.3, 0.4) is 0 Å². The zero-order valence-corrected chi connectivity index (χ0v) is 34.9. The molecule has 0 amide bonds. The van der Waals surface area contributed by atoms with Gasteiger partial charge in [0.15, 0.2) is 0 Å². The van der Waals surface area contributed by atoms with Crippen LogP contribution < -0.4 is 9.47 Å². The van der Waals surface area contributed by atoms with Crippen LogP contribution in [-0.4, -0.2) is 6.61 Å². The van der Waals surface area contributed by atoms with Gasteiger partial charge in [-0.25, -0.2) is 0 Å². The highest BCUT2D eigenvalue weighted by Crippen LogP contribution is 2.49. The molecule has 5 aromatic carbocycles. The lowest BCUT2D eigenvalue weighted by Crippen LogP contribution is -1.98. The molecule has 0 saturated carbocycles. The summed E-state index contributed by atoms with van der Waals surface area (Å²) < 4.78 is 12.5. The van der Waals surface area contributed by atoms with Crippen LogP contribution in [0.5, 0.6) is 11.5 Å². The van der Waals surface area contributed by atoms with E-state index in [1.807, 2.05) is 28.7 Å². The Morgan fingerprint density at radius 3 is 1.97 bits per heavy atom. The lowest BCUT2D eigenvalue weighted by Gasteiger charge is -2.19. The second-order valence-electron chi connectivity index (χ2n) is 14.3. The Hall–Kier alpha value is -6.32. The zero-order chi connectivity index (χ0) is 40.1. The number of benzene rings is 5. The molecule has 0 aliphatic heterocycles. The SMILES string of the molecule is C#CC#CC#CC#CC#COc1ccc2c(-c3ccc4ccccc4c3)c3cc(OCCCCCCCCCC)ccc3c(-c3ccc(-c4cc(C)sc4C)s3)c2c1. The molecule has 0 N–H and O–H groups in total. The fourth-order valence-electron chi connectivity index (χ4n) is 7.48. The first-order valence-corrected chi connectivity index (χ1v) is 21.6. The number of thiophene rings is 2. The summed E-state index contributed by atoms with van der Waals surface area (Å²) in [6.45, 7) is 7.36. The van der Waals surface area contributed by atoms with Gasteiger partial charge in [-0.15, -0.1) is 29.1 Å². The standard InChI is InChI=1S/C54H44O2S2/c1-5-7-9-11-13-15-17-21-33-55-44-28-30-47-49(37-44)53(43-26-25-41-23-19-20-24-42(41)36-43)46-29-27-45(56-34-22-18-16-14-12-10-8-6-2)38-50(46)54(47)52-32-31-51(58-52)48-35-39(3)57-40(48)4/h2,19-20,23-32,35-38H,5,7,9,11,13,15,17,21,33H2,1,3-4H3. The molecule has 2 heterocycles. The summed E-state index contributed by atoms with van der Waals surface area (Å²) in [6.07, 6.45) is 18.0. The fraction of sp³-hybridized carbons (Fsp3) is 0.222. The Morgan fingerprint density at radius 1 is 0.552 bits per heavy atom. The topological polar surface area (TPSA) is 18.5 Å². The van der Waals surface area contributed by atoms with Crippen LogP contribution in [0.4, 0.5) is 0 Å². The van der Waals surface area contributed by atoms with Crippen LogP contribution in [0.2, 0.25) is 0 Å². The number of rotatable bonds is 14. The van der Waals surface area contributed by atoms with Crippen molar-refractivity contribution in [2.24, 2.45) is 0 Å². The van der Waals surface area contributed by atoms with Crippen LogP contribution in [-0.2, 0) is 0 Å².